The van der Waals surface area contributed by atoms with Crippen molar-refractivity contribution in [1.29, 1.82) is 5.26 Å². The van der Waals surface area contributed by atoms with E-state index in [2.05, 4.69) is 22.4 Å². The maximum absolute atomic E-state index is 8.89. The standard InChI is InChI=1S/C13H15N3/c14-7-11-2-1-3-12(6-11)16-5-4-13(10-16)8-15-9-13/h1-3,6,15H,4-5,8-10H2. The Morgan fingerprint density at radius 3 is 2.88 bits per heavy atom. The fourth-order valence-corrected chi connectivity index (χ4v) is 2.69. The van der Waals surface area contributed by atoms with E-state index in [0.717, 1.165) is 31.7 Å². The summed E-state index contributed by atoms with van der Waals surface area (Å²) in [6, 6.07) is 10.1. The van der Waals surface area contributed by atoms with Gasteiger partial charge in [0.25, 0.3) is 0 Å². The lowest BCUT2D eigenvalue weighted by atomic mass is 9.81. The molecule has 2 fully saturated rings. The van der Waals surface area contributed by atoms with Crippen molar-refractivity contribution in [1.82, 2.24) is 5.32 Å². The second-order valence-electron chi connectivity index (χ2n) is 4.94. The van der Waals surface area contributed by atoms with Crippen LogP contribution in [0.4, 0.5) is 5.69 Å². The highest BCUT2D eigenvalue weighted by atomic mass is 15.2. The minimum Gasteiger partial charge on any atom is -0.371 e. The van der Waals surface area contributed by atoms with Gasteiger partial charge in [0.2, 0.25) is 0 Å². The van der Waals surface area contributed by atoms with Gasteiger partial charge >= 0.3 is 0 Å². The Hall–Kier alpha value is -1.53. The lowest BCUT2D eigenvalue weighted by Gasteiger charge is -2.39. The molecule has 0 amide bonds. The maximum Gasteiger partial charge on any atom is 0.0992 e. The lowest BCUT2D eigenvalue weighted by molar-refractivity contribution is 0.200. The zero-order valence-corrected chi connectivity index (χ0v) is 9.24. The smallest absolute Gasteiger partial charge is 0.0992 e. The van der Waals surface area contributed by atoms with Crippen LogP contribution in [0.15, 0.2) is 24.3 Å². The number of nitrogens with one attached hydrogen (secondary N) is 1. The summed E-state index contributed by atoms with van der Waals surface area (Å²) < 4.78 is 0. The minimum absolute atomic E-state index is 0.517. The largest absolute Gasteiger partial charge is 0.371 e. The maximum atomic E-state index is 8.89. The molecule has 0 unspecified atom stereocenters. The third-order valence-electron chi connectivity index (χ3n) is 3.78. The summed E-state index contributed by atoms with van der Waals surface area (Å²) in [7, 11) is 0. The zero-order chi connectivity index (χ0) is 11.0. The van der Waals surface area contributed by atoms with Gasteiger partial charge in [-0.15, -0.1) is 0 Å². The second kappa shape index (κ2) is 3.50. The summed E-state index contributed by atoms with van der Waals surface area (Å²) in [5, 5.41) is 12.2. The summed E-state index contributed by atoms with van der Waals surface area (Å²) >= 11 is 0. The molecule has 2 aliphatic heterocycles. The van der Waals surface area contributed by atoms with Crippen LogP contribution < -0.4 is 10.2 Å². The van der Waals surface area contributed by atoms with Crippen molar-refractivity contribution in [3.05, 3.63) is 29.8 Å². The molecule has 1 spiro atoms. The highest BCUT2D eigenvalue weighted by Crippen LogP contribution is 2.36. The molecule has 3 nitrogen and oxygen atoms in total. The van der Waals surface area contributed by atoms with Crippen LogP contribution in [0.25, 0.3) is 0 Å². The Morgan fingerprint density at radius 2 is 2.25 bits per heavy atom. The molecule has 3 rings (SSSR count). The van der Waals surface area contributed by atoms with Gasteiger partial charge in [-0.3, -0.25) is 0 Å². The summed E-state index contributed by atoms with van der Waals surface area (Å²) in [6.07, 6.45) is 1.27. The number of benzene rings is 1. The van der Waals surface area contributed by atoms with Crippen LogP contribution in [0, 0.1) is 16.7 Å². The molecule has 2 aliphatic rings. The third kappa shape index (κ3) is 1.46. The molecule has 16 heavy (non-hydrogen) atoms. The number of hydrogen-bond acceptors (Lipinski definition) is 3. The number of nitriles is 1. The van der Waals surface area contributed by atoms with Crippen LogP contribution in [0.3, 0.4) is 0 Å². The first-order valence-corrected chi connectivity index (χ1v) is 5.77. The van der Waals surface area contributed by atoms with Crippen LogP contribution in [-0.4, -0.2) is 26.2 Å². The second-order valence-corrected chi connectivity index (χ2v) is 4.94. The highest BCUT2D eigenvalue weighted by molar-refractivity contribution is 5.52. The Balaban J connectivity index is 1.80. The molecule has 0 aromatic heterocycles. The van der Waals surface area contributed by atoms with Crippen molar-refractivity contribution in [2.75, 3.05) is 31.1 Å². The van der Waals surface area contributed by atoms with Crippen LogP contribution in [-0.2, 0) is 0 Å². The molecule has 0 saturated carbocycles. The van der Waals surface area contributed by atoms with Gasteiger partial charge in [-0.25, -0.2) is 0 Å². The molecule has 1 N–H and O–H groups in total. The first-order valence-electron chi connectivity index (χ1n) is 5.77. The molecule has 0 aliphatic carbocycles. The fraction of sp³-hybridized carbons (Fsp3) is 0.462. The Labute approximate surface area is 95.7 Å². The van der Waals surface area contributed by atoms with Gasteiger partial charge < -0.3 is 10.2 Å². The molecule has 0 atom stereocenters. The van der Waals surface area contributed by atoms with E-state index < -0.39 is 0 Å². The van der Waals surface area contributed by atoms with Gasteiger partial charge in [0.1, 0.15) is 0 Å². The van der Waals surface area contributed by atoms with Crippen molar-refractivity contribution in [3.63, 3.8) is 0 Å². The van der Waals surface area contributed by atoms with Gasteiger partial charge in [0.05, 0.1) is 11.6 Å². The van der Waals surface area contributed by atoms with E-state index in [-0.39, 0.29) is 0 Å². The first-order chi connectivity index (χ1) is 7.81. The average molecular weight is 213 g/mol. The van der Waals surface area contributed by atoms with Gasteiger partial charge in [0.15, 0.2) is 0 Å². The summed E-state index contributed by atoms with van der Waals surface area (Å²) in [5.41, 5.74) is 2.47. The summed E-state index contributed by atoms with van der Waals surface area (Å²) in [5.74, 6) is 0. The SMILES string of the molecule is N#Cc1cccc(N2CCC3(CNC3)C2)c1. The summed E-state index contributed by atoms with van der Waals surface area (Å²) in [4.78, 5) is 2.40. The number of hydrogen-bond donors (Lipinski definition) is 1. The third-order valence-corrected chi connectivity index (χ3v) is 3.78. The fourth-order valence-electron chi connectivity index (χ4n) is 2.69. The number of nitrogens with zero attached hydrogens (tertiary/aromatic N) is 2. The van der Waals surface area contributed by atoms with E-state index in [0.29, 0.717) is 5.41 Å². The van der Waals surface area contributed by atoms with E-state index in [4.69, 9.17) is 5.26 Å². The summed E-state index contributed by atoms with van der Waals surface area (Å²) in [6.45, 7) is 4.56. The van der Waals surface area contributed by atoms with Gasteiger partial charge in [-0.1, -0.05) is 6.07 Å². The zero-order valence-electron chi connectivity index (χ0n) is 9.24. The van der Waals surface area contributed by atoms with E-state index in [1.165, 1.54) is 12.1 Å². The Morgan fingerprint density at radius 1 is 1.38 bits per heavy atom. The van der Waals surface area contributed by atoms with E-state index >= 15 is 0 Å². The minimum atomic E-state index is 0.517. The lowest BCUT2D eigenvalue weighted by Crippen LogP contribution is -2.54. The van der Waals surface area contributed by atoms with Gasteiger partial charge in [-0.05, 0) is 24.6 Å². The van der Waals surface area contributed by atoms with Crippen molar-refractivity contribution in [2.24, 2.45) is 5.41 Å². The van der Waals surface area contributed by atoms with Crippen LogP contribution >= 0.6 is 0 Å². The topological polar surface area (TPSA) is 39.1 Å². The van der Waals surface area contributed by atoms with E-state index in [1.54, 1.807) is 0 Å². The predicted octanol–water partition coefficient (Wildman–Crippen LogP) is 1.36. The van der Waals surface area contributed by atoms with E-state index in [9.17, 15) is 0 Å². The first kappa shape index (κ1) is 9.68. The van der Waals surface area contributed by atoms with Crippen LogP contribution in [0.5, 0.6) is 0 Å². The number of rotatable bonds is 1. The quantitative estimate of drug-likeness (QED) is 0.765. The molecule has 82 valence electrons. The molecule has 2 heterocycles. The highest BCUT2D eigenvalue weighted by Gasteiger charge is 2.42. The molecule has 0 radical (unpaired) electrons. The molecule has 0 bridgehead atoms. The van der Waals surface area contributed by atoms with Gasteiger partial charge in [0, 0.05) is 37.3 Å². The van der Waals surface area contributed by atoms with Gasteiger partial charge in [-0.2, -0.15) is 5.26 Å². The Bertz CT molecular complexity index is 443. The van der Waals surface area contributed by atoms with E-state index in [1.807, 2.05) is 18.2 Å². The molecular weight excluding hydrogens is 198 g/mol. The Kier molecular flexibility index (Phi) is 2.12. The van der Waals surface area contributed by atoms with Crippen molar-refractivity contribution in [2.45, 2.75) is 6.42 Å². The van der Waals surface area contributed by atoms with Crippen molar-refractivity contribution in [3.8, 4) is 6.07 Å². The molecular formula is C13H15N3. The van der Waals surface area contributed by atoms with Crippen LogP contribution in [0.1, 0.15) is 12.0 Å². The monoisotopic (exact) mass is 213 g/mol. The molecule has 1 aromatic rings. The predicted molar refractivity (Wildman–Crippen MR) is 63.3 cm³/mol. The normalized spacial score (nSPS) is 21.8. The van der Waals surface area contributed by atoms with Crippen molar-refractivity contribution < 1.29 is 0 Å². The van der Waals surface area contributed by atoms with Crippen LogP contribution in [0.2, 0.25) is 0 Å². The molecule has 1 aromatic carbocycles. The number of anilines is 1. The van der Waals surface area contributed by atoms with Crippen molar-refractivity contribution >= 4 is 5.69 Å². The molecule has 2 saturated heterocycles. The average Bonchev–Trinajstić information content (AvgIpc) is 2.74. The molecule has 3 heteroatoms.